The third kappa shape index (κ3) is 9.55. The van der Waals surface area contributed by atoms with Crippen molar-refractivity contribution in [3.05, 3.63) is 0 Å². The molecule has 320 valence electrons. The molecule has 0 saturated heterocycles. The van der Waals surface area contributed by atoms with Crippen molar-refractivity contribution < 1.29 is 4.48 Å². The van der Waals surface area contributed by atoms with Crippen LogP contribution in [0, 0.1) is 0 Å². The lowest BCUT2D eigenvalue weighted by molar-refractivity contribution is -1.01. The van der Waals surface area contributed by atoms with Crippen LogP contribution in [0.15, 0.2) is 0 Å². The van der Waals surface area contributed by atoms with E-state index in [2.05, 4.69) is 0 Å². The minimum Gasteiger partial charge on any atom is -0.190 e. The molecular formula is C16Cl36N+. The van der Waals surface area contributed by atoms with Gasteiger partial charge in [-0.15, -0.1) is 0 Å². The number of hydrogen-bond acceptors (Lipinski definition) is 0. The van der Waals surface area contributed by atoms with Gasteiger partial charge in [0, 0.05) is 0 Å². The molecule has 0 saturated carbocycles. The number of halogens is 36. The summed E-state index contributed by atoms with van der Waals surface area (Å²) in [6.45, 7) is 0. The molecule has 0 N–H and O–H groups in total. The maximum absolute atomic E-state index is 7.02. The summed E-state index contributed by atoms with van der Waals surface area (Å²) >= 11 is 233. The molecule has 0 aromatic rings. The Balaban J connectivity index is 10.4. The highest BCUT2D eigenvalue weighted by molar-refractivity contribution is 6.85. The molecule has 0 spiro atoms. The zero-order valence-electron chi connectivity index (χ0n) is 22.1. The largest absolute Gasteiger partial charge is 0.295 e. The Morgan fingerprint density at radius 3 is 0.321 bits per heavy atom. The topological polar surface area (TPSA) is 0 Å². The third-order valence-electron chi connectivity index (χ3n) is 6.20. The molecule has 37 heteroatoms. The van der Waals surface area contributed by atoms with E-state index in [-0.39, 0.29) is 0 Å². The maximum Gasteiger partial charge on any atom is 0.295 e. The number of hydrogen-bond donors (Lipinski definition) is 0. The fourth-order valence-electron chi connectivity index (χ4n) is 3.37. The average molecular weight is 1480 g/mol. The van der Waals surface area contributed by atoms with Crippen molar-refractivity contribution in [2.24, 2.45) is 0 Å². The van der Waals surface area contributed by atoms with E-state index >= 15 is 0 Å². The zero-order valence-corrected chi connectivity index (χ0v) is 49.3. The van der Waals surface area contributed by atoms with Gasteiger partial charge in [-0.25, -0.2) is 0 Å². The summed E-state index contributed by atoms with van der Waals surface area (Å²) in [7, 11) is 0. The van der Waals surface area contributed by atoms with Crippen molar-refractivity contribution in [2.45, 2.75) is 67.7 Å². The first kappa shape index (κ1) is 63.4. The van der Waals surface area contributed by atoms with Crippen molar-refractivity contribution in [3.63, 3.8) is 0 Å². The lowest BCUT2D eigenvalue weighted by Crippen LogP contribution is -2.93. The van der Waals surface area contributed by atoms with Crippen molar-refractivity contribution in [1.82, 2.24) is 0 Å². The van der Waals surface area contributed by atoms with Gasteiger partial charge in [-0.3, -0.25) is 0 Å². The molecule has 0 unspecified atom stereocenters. The standard InChI is InChI=1S/C16Cl36N/c17-1(18,9(33,34)35)5(25,26)13(45,46)53(14(47,48)6(27,28)2(19,20)10(36,37)38,15(49,50)7(29,30)3(21,22)11(39,40)41)16(51,52)8(31,32)4(23,24)12(42,43)44/q+1. The molecule has 0 radical (unpaired) electrons. The summed E-state index contributed by atoms with van der Waals surface area (Å²) in [6.07, 6.45) is 0. The Morgan fingerprint density at radius 1 is 0.151 bits per heavy atom. The predicted molar refractivity (Wildman–Crippen MR) is 255 cm³/mol. The Bertz CT molecular complexity index is 1120. The van der Waals surface area contributed by atoms with Gasteiger partial charge in [-0.2, -0.15) is 4.48 Å². The first-order chi connectivity index (χ1) is 22.0. The number of nitrogens with zero attached hydrogens (tertiary/aromatic N) is 1. The van der Waals surface area contributed by atoms with Crippen LogP contribution in [0.5, 0.6) is 0 Å². The minimum atomic E-state index is -4.34. The van der Waals surface area contributed by atoms with Gasteiger partial charge in [0.05, 0.1) is 0 Å². The van der Waals surface area contributed by atoms with Crippen LogP contribution in [-0.4, -0.2) is 72.1 Å². The van der Waals surface area contributed by atoms with Crippen LogP contribution < -0.4 is 0 Å². The molecule has 0 atom stereocenters. The summed E-state index contributed by atoms with van der Waals surface area (Å²) in [5.41, 5.74) is 0. The van der Waals surface area contributed by atoms with E-state index in [0.717, 1.165) is 0 Å². The molecule has 0 heterocycles. The van der Waals surface area contributed by atoms with E-state index in [9.17, 15) is 0 Å². The second-order valence-electron chi connectivity index (χ2n) is 9.42. The minimum absolute atomic E-state index is 3.22. The second kappa shape index (κ2) is 18.6. The fourth-order valence-corrected chi connectivity index (χ4v) is 15.5. The van der Waals surface area contributed by atoms with Gasteiger partial charge >= 0.3 is 0 Å². The van der Waals surface area contributed by atoms with Crippen LogP contribution in [0.25, 0.3) is 0 Å². The lowest BCUT2D eigenvalue weighted by Gasteiger charge is -2.70. The highest BCUT2D eigenvalue weighted by atomic mass is 35.6. The molecule has 0 aromatic carbocycles. The lowest BCUT2D eigenvalue weighted by atomic mass is 10.0. The van der Waals surface area contributed by atoms with Crippen molar-refractivity contribution in [2.75, 3.05) is 0 Å². The molecular weight excluding hydrogens is 1480 g/mol. The quantitative estimate of drug-likeness (QED) is 0.104. The Kier molecular flexibility index (Phi) is 22.3. The number of rotatable bonds is 12. The van der Waals surface area contributed by atoms with Gasteiger partial charge in [0.2, 0.25) is 49.8 Å². The highest BCUT2D eigenvalue weighted by Crippen LogP contribution is 2.82. The molecule has 0 fully saturated rings. The van der Waals surface area contributed by atoms with Crippen molar-refractivity contribution in [1.29, 1.82) is 0 Å². The summed E-state index contributed by atoms with van der Waals surface area (Å²) in [6, 6.07) is 0. The zero-order chi connectivity index (χ0) is 44.5. The van der Waals surface area contributed by atoms with Crippen LogP contribution >= 0.6 is 418 Å². The Labute approximate surface area is 481 Å². The SMILES string of the molecule is ClC(Cl)(Cl)C(Cl)(Cl)C(Cl)(Cl)C(Cl)(Cl)[N+](C(Cl)(Cl)C(Cl)(Cl)C(Cl)(Cl)C(Cl)(Cl)Cl)(C(Cl)(Cl)C(Cl)(Cl)C(Cl)(Cl)C(Cl)(Cl)Cl)C(Cl)(Cl)C(Cl)(Cl)C(Cl)(Cl)C(Cl)(Cl)Cl. The first-order valence-corrected chi connectivity index (χ1v) is 24.3. The summed E-state index contributed by atoms with van der Waals surface area (Å²) in [5, 5.41) is 0. The molecule has 0 bridgehead atoms. The van der Waals surface area contributed by atoms with E-state index in [1.54, 1.807) is 0 Å². The number of quaternary nitrogens is 1. The highest BCUT2D eigenvalue weighted by Gasteiger charge is 2.98. The molecule has 0 aliphatic heterocycles. The van der Waals surface area contributed by atoms with Crippen LogP contribution in [0.2, 0.25) is 0 Å². The van der Waals surface area contributed by atoms with E-state index in [4.69, 9.17) is 418 Å². The van der Waals surface area contributed by atoms with Crippen LogP contribution in [-0.2, 0) is 0 Å². The molecule has 0 amide bonds. The van der Waals surface area contributed by atoms with Crippen LogP contribution in [0.4, 0.5) is 0 Å². The molecule has 0 aliphatic carbocycles. The van der Waals surface area contributed by atoms with Gasteiger partial charge in [0.15, 0.2) is 0 Å². The van der Waals surface area contributed by atoms with Gasteiger partial charge < -0.3 is 0 Å². The van der Waals surface area contributed by atoms with E-state index in [0.29, 0.717) is 0 Å². The van der Waals surface area contributed by atoms with E-state index in [1.807, 2.05) is 0 Å². The second-order valence-corrected chi connectivity index (χ2v) is 34.3. The summed E-state index contributed by atoms with van der Waals surface area (Å²) < 4.78 is -63.6. The van der Waals surface area contributed by atoms with Crippen molar-refractivity contribution >= 4 is 418 Å². The molecule has 53 heavy (non-hydrogen) atoms. The van der Waals surface area contributed by atoms with Crippen LogP contribution in [0.1, 0.15) is 0 Å². The van der Waals surface area contributed by atoms with Gasteiger partial charge in [-0.05, 0) is 92.8 Å². The first-order valence-electron chi connectivity index (χ1n) is 10.7. The molecule has 1 nitrogen and oxygen atoms in total. The smallest absolute Gasteiger partial charge is 0.190 e. The third-order valence-corrected chi connectivity index (χ3v) is 28.3. The molecule has 0 rings (SSSR count). The molecule has 0 aromatic heterocycles. The normalized spacial score (nSPS) is 17.4. The monoisotopic (exact) mass is 1460 g/mol. The van der Waals surface area contributed by atoms with Crippen molar-refractivity contribution in [3.8, 4) is 0 Å². The average Bonchev–Trinajstić information content (AvgIpc) is 2.84. The van der Waals surface area contributed by atoms with Gasteiger partial charge in [-0.1, -0.05) is 325 Å². The Hall–Kier alpha value is 10.4. The summed E-state index contributed by atoms with van der Waals surface area (Å²) in [4.78, 5) is 0. The fraction of sp³-hybridized carbons (Fsp3) is 1.00. The molecule has 0 aliphatic rings. The van der Waals surface area contributed by atoms with Gasteiger partial charge in [0.1, 0.15) is 0 Å². The van der Waals surface area contributed by atoms with Gasteiger partial charge in [0.25, 0.3) is 17.8 Å². The van der Waals surface area contributed by atoms with Crippen LogP contribution in [0.3, 0.4) is 0 Å². The predicted octanol–water partition coefficient (Wildman–Crippen LogP) is 21.2. The maximum atomic E-state index is 7.02. The summed E-state index contributed by atoms with van der Waals surface area (Å²) in [5.74, 6) is 0. The van der Waals surface area contributed by atoms with E-state index < -0.39 is 72.1 Å². The van der Waals surface area contributed by atoms with E-state index in [1.165, 1.54) is 0 Å². The Morgan fingerprint density at radius 2 is 0.245 bits per heavy atom. The number of alkyl halides is 36.